The van der Waals surface area contributed by atoms with Crippen LogP contribution in [0.3, 0.4) is 0 Å². The summed E-state index contributed by atoms with van der Waals surface area (Å²) in [7, 11) is -3.66. The van der Waals surface area contributed by atoms with E-state index in [1.165, 1.54) is 4.31 Å². The van der Waals surface area contributed by atoms with Gasteiger partial charge in [-0.3, -0.25) is 9.78 Å². The molecule has 1 saturated heterocycles. The molecule has 9 heteroatoms. The second-order valence-corrected chi connectivity index (χ2v) is 9.52. The first-order valence-corrected chi connectivity index (χ1v) is 11.0. The number of fused-ring (bicyclic) bond motifs is 1. The van der Waals surface area contributed by atoms with Gasteiger partial charge in [-0.25, -0.2) is 8.42 Å². The van der Waals surface area contributed by atoms with E-state index >= 15 is 0 Å². The van der Waals surface area contributed by atoms with Crippen molar-refractivity contribution in [1.29, 1.82) is 0 Å². The van der Waals surface area contributed by atoms with Gasteiger partial charge >= 0.3 is 0 Å². The lowest BCUT2D eigenvalue weighted by Gasteiger charge is -2.33. The summed E-state index contributed by atoms with van der Waals surface area (Å²) in [5.41, 5.74) is 0.949. The molecule has 0 aromatic carbocycles. The zero-order valence-corrected chi connectivity index (χ0v) is 16.8. The fourth-order valence-corrected chi connectivity index (χ4v) is 6.36. The van der Waals surface area contributed by atoms with Crippen LogP contribution in [0.1, 0.15) is 41.1 Å². The van der Waals surface area contributed by atoms with E-state index in [0.717, 1.165) is 19.3 Å². The lowest BCUT2D eigenvalue weighted by molar-refractivity contribution is 0.0897. The Morgan fingerprint density at radius 2 is 1.96 bits per heavy atom. The monoisotopic (exact) mass is 404 g/mol. The Morgan fingerprint density at radius 3 is 2.64 bits per heavy atom. The highest BCUT2D eigenvalue weighted by Gasteiger charge is 2.46. The SMILES string of the molecule is Cc1noc(C)c1S(=O)(=O)N1C[C@@H]2CCC[C@H](NC(=O)c3ccncc3)[C@@H]2C1. The van der Waals surface area contributed by atoms with E-state index in [0.29, 0.717) is 30.1 Å². The Hall–Kier alpha value is -2.26. The summed E-state index contributed by atoms with van der Waals surface area (Å²) in [4.78, 5) is 16.7. The van der Waals surface area contributed by atoms with Crippen molar-refractivity contribution in [3.05, 3.63) is 41.5 Å². The Bertz CT molecular complexity index is 954. The molecular weight excluding hydrogens is 380 g/mol. The standard InChI is InChI=1S/C19H24N4O4S/c1-12-18(13(2)27-22-12)28(25,26)23-10-15-4-3-5-17(16(15)11-23)21-19(24)14-6-8-20-9-7-14/h6-9,15-17H,3-5,10-11H2,1-2H3,(H,21,24)/t15-,16+,17-/m0/s1. The maximum Gasteiger partial charge on any atom is 0.251 e. The van der Waals surface area contributed by atoms with Gasteiger partial charge in [0, 0.05) is 37.1 Å². The van der Waals surface area contributed by atoms with E-state index in [1.807, 2.05) is 0 Å². The van der Waals surface area contributed by atoms with Crippen molar-refractivity contribution < 1.29 is 17.7 Å². The molecule has 0 spiro atoms. The van der Waals surface area contributed by atoms with Crippen molar-refractivity contribution >= 4 is 15.9 Å². The third kappa shape index (κ3) is 3.33. The van der Waals surface area contributed by atoms with E-state index in [-0.39, 0.29) is 28.7 Å². The summed E-state index contributed by atoms with van der Waals surface area (Å²) in [6.07, 6.45) is 5.98. The number of nitrogens with zero attached hydrogens (tertiary/aromatic N) is 3. The lowest BCUT2D eigenvalue weighted by atomic mass is 9.78. The van der Waals surface area contributed by atoms with Gasteiger partial charge in [-0.05, 0) is 50.7 Å². The van der Waals surface area contributed by atoms with Gasteiger partial charge in [-0.1, -0.05) is 11.6 Å². The maximum atomic E-state index is 13.2. The van der Waals surface area contributed by atoms with Crippen molar-refractivity contribution in [2.45, 2.75) is 44.0 Å². The smallest absolute Gasteiger partial charge is 0.251 e. The number of carbonyl (C=O) groups excluding carboxylic acids is 1. The molecule has 2 aromatic rings. The first-order chi connectivity index (χ1) is 13.4. The minimum atomic E-state index is -3.66. The van der Waals surface area contributed by atoms with Crippen LogP contribution in [0.4, 0.5) is 0 Å². The highest BCUT2D eigenvalue weighted by Crippen LogP contribution is 2.39. The van der Waals surface area contributed by atoms with Crippen LogP contribution >= 0.6 is 0 Å². The van der Waals surface area contributed by atoms with Gasteiger partial charge in [0.1, 0.15) is 10.6 Å². The number of amides is 1. The summed E-state index contributed by atoms with van der Waals surface area (Å²) in [5.74, 6) is 0.525. The molecule has 3 heterocycles. The van der Waals surface area contributed by atoms with Gasteiger partial charge < -0.3 is 9.84 Å². The van der Waals surface area contributed by atoms with Crippen LogP contribution in [0.25, 0.3) is 0 Å². The topological polar surface area (TPSA) is 105 Å². The first kappa shape index (κ1) is 19.1. The zero-order chi connectivity index (χ0) is 19.9. The van der Waals surface area contributed by atoms with Gasteiger partial charge in [-0.2, -0.15) is 4.31 Å². The predicted octanol–water partition coefficient (Wildman–Crippen LogP) is 1.91. The average Bonchev–Trinajstić information content (AvgIpc) is 3.27. The molecule has 150 valence electrons. The molecule has 2 fully saturated rings. The molecule has 4 rings (SSSR count). The van der Waals surface area contributed by atoms with E-state index in [2.05, 4.69) is 15.5 Å². The molecular formula is C19H24N4O4S. The van der Waals surface area contributed by atoms with Crippen molar-refractivity contribution in [1.82, 2.24) is 19.8 Å². The Labute approximate surface area is 164 Å². The first-order valence-electron chi connectivity index (χ1n) is 9.52. The molecule has 28 heavy (non-hydrogen) atoms. The number of aryl methyl sites for hydroxylation is 2. The normalized spacial score (nSPS) is 25.4. The third-order valence-electron chi connectivity index (χ3n) is 5.89. The molecule has 3 atom stereocenters. The Balaban J connectivity index is 1.53. The van der Waals surface area contributed by atoms with Gasteiger partial charge in [0.05, 0.1) is 0 Å². The van der Waals surface area contributed by atoms with Crippen LogP contribution < -0.4 is 5.32 Å². The van der Waals surface area contributed by atoms with Gasteiger partial charge in [0.15, 0.2) is 5.76 Å². The highest BCUT2D eigenvalue weighted by molar-refractivity contribution is 7.89. The molecule has 1 aliphatic heterocycles. The molecule has 2 aromatic heterocycles. The Morgan fingerprint density at radius 1 is 1.21 bits per heavy atom. The fourth-order valence-electron chi connectivity index (χ4n) is 4.53. The number of hydrogen-bond donors (Lipinski definition) is 1. The van der Waals surface area contributed by atoms with Crippen LogP contribution in [0, 0.1) is 25.7 Å². The molecule has 8 nitrogen and oxygen atoms in total. The van der Waals surface area contributed by atoms with E-state index in [9.17, 15) is 13.2 Å². The van der Waals surface area contributed by atoms with E-state index < -0.39 is 10.0 Å². The van der Waals surface area contributed by atoms with Crippen LogP contribution in [0.15, 0.2) is 33.9 Å². The molecule has 1 saturated carbocycles. The second-order valence-electron chi connectivity index (χ2n) is 7.65. The van der Waals surface area contributed by atoms with Gasteiger partial charge in [0.25, 0.3) is 5.91 Å². The maximum absolute atomic E-state index is 13.2. The van der Waals surface area contributed by atoms with Crippen molar-refractivity contribution in [2.75, 3.05) is 13.1 Å². The molecule has 1 amide bonds. The fraction of sp³-hybridized carbons (Fsp3) is 0.526. The summed E-state index contributed by atoms with van der Waals surface area (Å²) in [6.45, 7) is 4.13. The van der Waals surface area contributed by atoms with Gasteiger partial charge in [0.2, 0.25) is 10.0 Å². The summed E-state index contributed by atoms with van der Waals surface area (Å²) in [6, 6.07) is 3.32. The van der Waals surface area contributed by atoms with Crippen LogP contribution in [-0.2, 0) is 10.0 Å². The molecule has 0 bridgehead atoms. The Kier molecular flexibility index (Phi) is 4.96. The number of nitrogens with one attached hydrogen (secondary N) is 1. The largest absolute Gasteiger partial charge is 0.360 e. The summed E-state index contributed by atoms with van der Waals surface area (Å²) >= 11 is 0. The van der Waals surface area contributed by atoms with E-state index in [1.54, 1.807) is 38.4 Å². The second kappa shape index (κ2) is 7.29. The van der Waals surface area contributed by atoms with E-state index in [4.69, 9.17) is 4.52 Å². The van der Waals surface area contributed by atoms with Crippen molar-refractivity contribution in [3.8, 4) is 0 Å². The minimum Gasteiger partial charge on any atom is -0.360 e. The summed E-state index contributed by atoms with van der Waals surface area (Å²) in [5, 5.41) is 6.91. The van der Waals surface area contributed by atoms with Crippen LogP contribution in [0.5, 0.6) is 0 Å². The molecule has 1 aliphatic carbocycles. The average molecular weight is 404 g/mol. The minimum absolute atomic E-state index is 0.0377. The van der Waals surface area contributed by atoms with Gasteiger partial charge in [-0.15, -0.1) is 0 Å². The van der Waals surface area contributed by atoms with Crippen LogP contribution in [-0.4, -0.2) is 47.9 Å². The van der Waals surface area contributed by atoms with Crippen LogP contribution in [0.2, 0.25) is 0 Å². The van der Waals surface area contributed by atoms with Crippen molar-refractivity contribution in [2.24, 2.45) is 11.8 Å². The lowest BCUT2D eigenvalue weighted by Crippen LogP contribution is -2.45. The number of carbonyl (C=O) groups is 1. The third-order valence-corrected chi connectivity index (χ3v) is 7.97. The number of aromatic nitrogens is 2. The molecule has 2 aliphatic rings. The summed E-state index contributed by atoms with van der Waals surface area (Å²) < 4.78 is 32.9. The highest BCUT2D eigenvalue weighted by atomic mass is 32.2. The number of hydrogen-bond acceptors (Lipinski definition) is 6. The molecule has 0 unspecified atom stereocenters. The zero-order valence-electron chi connectivity index (χ0n) is 16.0. The number of rotatable bonds is 4. The number of sulfonamides is 1. The van der Waals surface area contributed by atoms with Crippen molar-refractivity contribution in [3.63, 3.8) is 0 Å². The quantitative estimate of drug-likeness (QED) is 0.834. The predicted molar refractivity (Wildman–Crippen MR) is 101 cm³/mol. The molecule has 0 radical (unpaired) electrons. The number of pyridine rings is 1. The molecule has 1 N–H and O–H groups in total.